The Morgan fingerprint density at radius 3 is 3.04 bits per heavy atom. The van der Waals surface area contributed by atoms with Crippen LogP contribution < -0.4 is 4.87 Å². The summed E-state index contributed by atoms with van der Waals surface area (Å²) < 4.78 is 6.73. The van der Waals surface area contributed by atoms with E-state index < -0.39 is 10.8 Å². The summed E-state index contributed by atoms with van der Waals surface area (Å²) in [5.74, 6) is -0.814. The van der Waals surface area contributed by atoms with Crippen LogP contribution in [0.5, 0.6) is 5.88 Å². The summed E-state index contributed by atoms with van der Waals surface area (Å²) in [6, 6.07) is 5.69. The molecule has 0 unspecified atom stereocenters. The Kier molecular flexibility index (Phi) is 4.68. The van der Waals surface area contributed by atoms with E-state index in [0.29, 0.717) is 4.88 Å². The minimum absolute atomic E-state index is 0.220. The van der Waals surface area contributed by atoms with E-state index in [-0.39, 0.29) is 19.0 Å². The van der Waals surface area contributed by atoms with Crippen molar-refractivity contribution in [2.45, 2.75) is 13.5 Å². The fourth-order valence-electron chi connectivity index (χ4n) is 2.30. The average Bonchev–Trinajstić information content (AvgIpc) is 3.04. The Hall–Kier alpha value is -2.19. The monoisotopic (exact) mass is 408 g/mol. The average molecular weight is 409 g/mol. The lowest BCUT2D eigenvalue weighted by Gasteiger charge is -2.03. The second-order valence-corrected chi connectivity index (χ2v) is 6.88. The van der Waals surface area contributed by atoms with E-state index in [4.69, 9.17) is 4.74 Å². The number of allylic oxidation sites excluding steroid dienone is 1. The molecule has 24 heavy (non-hydrogen) atoms. The number of halogens is 1. The van der Waals surface area contributed by atoms with Gasteiger partial charge in [-0.15, -0.1) is 0 Å². The highest BCUT2D eigenvalue weighted by Gasteiger charge is 2.18. The number of carbonyl (C=O) groups excluding carboxylic acids is 1. The van der Waals surface area contributed by atoms with Gasteiger partial charge in [-0.05, 0) is 31.2 Å². The number of thiazole rings is 1. The van der Waals surface area contributed by atoms with Crippen molar-refractivity contribution in [1.29, 1.82) is 0 Å². The number of aromatic hydroxyl groups is 1. The Balaban J connectivity index is 1.96. The summed E-state index contributed by atoms with van der Waals surface area (Å²) in [5.41, 5.74) is 2.51. The molecular formula is C16H13BrN2O4S. The van der Waals surface area contributed by atoms with Crippen molar-refractivity contribution < 1.29 is 14.6 Å². The van der Waals surface area contributed by atoms with Gasteiger partial charge in [-0.25, -0.2) is 0 Å². The number of aromatic nitrogens is 1. The number of fused-ring (bicyclic) bond motifs is 1. The SMILES string of the molecule is CCOC(=O)Cn1c(O)c(/C=C2/C=Nc3ccc(Br)cc32)sc1=O. The van der Waals surface area contributed by atoms with Crippen LogP contribution in [0.15, 0.2) is 32.5 Å². The lowest BCUT2D eigenvalue weighted by Crippen LogP contribution is -2.20. The maximum Gasteiger partial charge on any atom is 0.326 e. The molecule has 1 aliphatic rings. The normalized spacial score (nSPS) is 14.2. The molecule has 0 fully saturated rings. The highest BCUT2D eigenvalue weighted by atomic mass is 79.9. The predicted molar refractivity (Wildman–Crippen MR) is 97.0 cm³/mol. The zero-order valence-corrected chi connectivity index (χ0v) is 15.1. The predicted octanol–water partition coefficient (Wildman–Crippen LogP) is 3.20. The van der Waals surface area contributed by atoms with Gasteiger partial charge in [0, 0.05) is 21.8 Å². The molecule has 6 nitrogen and oxygen atoms in total. The Morgan fingerprint density at radius 1 is 1.50 bits per heavy atom. The van der Waals surface area contributed by atoms with Crippen LogP contribution in [-0.4, -0.2) is 28.5 Å². The van der Waals surface area contributed by atoms with Gasteiger partial charge in [0.2, 0.25) is 5.88 Å². The van der Waals surface area contributed by atoms with Crippen LogP contribution in [0.2, 0.25) is 0 Å². The third-order valence-electron chi connectivity index (χ3n) is 3.39. The van der Waals surface area contributed by atoms with Crippen LogP contribution in [0.3, 0.4) is 0 Å². The van der Waals surface area contributed by atoms with Crippen molar-refractivity contribution >= 4 is 56.8 Å². The molecule has 1 N–H and O–H groups in total. The van der Waals surface area contributed by atoms with Gasteiger partial charge in [-0.1, -0.05) is 27.3 Å². The molecule has 0 bridgehead atoms. The molecule has 2 heterocycles. The first-order chi connectivity index (χ1) is 11.5. The molecule has 124 valence electrons. The fourth-order valence-corrected chi connectivity index (χ4v) is 3.50. The zero-order valence-electron chi connectivity index (χ0n) is 12.7. The Labute approximate surface area is 149 Å². The quantitative estimate of drug-likeness (QED) is 0.787. The summed E-state index contributed by atoms with van der Waals surface area (Å²) in [4.78, 5) is 27.8. The van der Waals surface area contributed by atoms with Crippen LogP contribution in [-0.2, 0) is 16.1 Å². The molecule has 3 rings (SSSR count). The summed E-state index contributed by atoms with van der Waals surface area (Å²) in [5, 5.41) is 10.3. The number of hydrogen-bond acceptors (Lipinski definition) is 6. The smallest absolute Gasteiger partial charge is 0.326 e. The lowest BCUT2D eigenvalue weighted by molar-refractivity contribution is -0.143. The number of carbonyl (C=O) groups is 1. The molecule has 1 aromatic heterocycles. The van der Waals surface area contributed by atoms with E-state index >= 15 is 0 Å². The third kappa shape index (κ3) is 3.20. The zero-order chi connectivity index (χ0) is 17.3. The van der Waals surface area contributed by atoms with Gasteiger partial charge in [0.25, 0.3) is 0 Å². The van der Waals surface area contributed by atoms with Crippen molar-refractivity contribution in [1.82, 2.24) is 4.57 Å². The van der Waals surface area contributed by atoms with Crippen LogP contribution in [0, 0.1) is 0 Å². The summed E-state index contributed by atoms with van der Waals surface area (Å²) in [6.45, 7) is 1.59. The van der Waals surface area contributed by atoms with Gasteiger partial charge < -0.3 is 9.84 Å². The second-order valence-electron chi connectivity index (χ2n) is 4.97. The van der Waals surface area contributed by atoms with Gasteiger partial charge >= 0.3 is 10.8 Å². The number of hydrogen-bond donors (Lipinski definition) is 1. The summed E-state index contributed by atoms with van der Waals surface area (Å²) >= 11 is 4.28. The first-order valence-corrected chi connectivity index (χ1v) is 8.74. The van der Waals surface area contributed by atoms with Gasteiger partial charge in [-0.2, -0.15) is 0 Å². The molecule has 8 heteroatoms. The number of rotatable bonds is 4. The molecule has 1 aliphatic heterocycles. The van der Waals surface area contributed by atoms with Gasteiger partial charge in [0.15, 0.2) is 0 Å². The second kappa shape index (κ2) is 6.74. The van der Waals surface area contributed by atoms with E-state index in [2.05, 4.69) is 20.9 Å². The maximum absolute atomic E-state index is 12.0. The molecule has 0 radical (unpaired) electrons. The van der Waals surface area contributed by atoms with Gasteiger partial charge in [0.05, 0.1) is 17.2 Å². The van der Waals surface area contributed by atoms with E-state index in [9.17, 15) is 14.7 Å². The number of ether oxygens (including phenoxy) is 1. The first-order valence-electron chi connectivity index (χ1n) is 7.13. The van der Waals surface area contributed by atoms with E-state index in [1.807, 2.05) is 18.2 Å². The highest BCUT2D eigenvalue weighted by molar-refractivity contribution is 9.10. The molecule has 2 aromatic rings. The Bertz CT molecular complexity index is 927. The molecule has 1 aromatic carbocycles. The van der Waals surface area contributed by atoms with E-state index in [0.717, 1.165) is 37.2 Å². The highest BCUT2D eigenvalue weighted by Crippen LogP contribution is 2.36. The number of benzene rings is 1. The minimum Gasteiger partial charge on any atom is -0.493 e. The molecular weight excluding hydrogens is 396 g/mol. The third-order valence-corrected chi connectivity index (χ3v) is 4.79. The van der Waals surface area contributed by atoms with Crippen molar-refractivity contribution in [3.63, 3.8) is 0 Å². The van der Waals surface area contributed by atoms with E-state index in [1.54, 1.807) is 19.2 Å². The summed E-state index contributed by atoms with van der Waals surface area (Å²) in [7, 11) is 0. The molecule has 0 aliphatic carbocycles. The van der Waals surface area contributed by atoms with Crippen LogP contribution in [0.1, 0.15) is 17.4 Å². The number of esters is 1. The topological polar surface area (TPSA) is 80.9 Å². The molecule has 0 saturated carbocycles. The number of aliphatic imine (C=N–C) groups is 1. The summed E-state index contributed by atoms with van der Waals surface area (Å²) in [6.07, 6.45) is 3.36. The largest absolute Gasteiger partial charge is 0.493 e. The van der Waals surface area contributed by atoms with E-state index in [1.165, 1.54) is 0 Å². The van der Waals surface area contributed by atoms with Crippen LogP contribution in [0.4, 0.5) is 5.69 Å². The van der Waals surface area contributed by atoms with Crippen molar-refractivity contribution in [2.75, 3.05) is 6.61 Å². The molecule has 0 amide bonds. The first kappa shape index (κ1) is 16.7. The lowest BCUT2D eigenvalue weighted by atomic mass is 10.1. The van der Waals surface area contributed by atoms with Crippen LogP contribution in [0.25, 0.3) is 11.6 Å². The molecule has 0 atom stereocenters. The van der Waals surface area contributed by atoms with Crippen molar-refractivity contribution in [3.05, 3.63) is 42.8 Å². The number of nitrogens with zero attached hydrogens (tertiary/aromatic N) is 2. The maximum atomic E-state index is 12.0. The van der Waals surface area contributed by atoms with Gasteiger partial charge in [0.1, 0.15) is 6.54 Å². The van der Waals surface area contributed by atoms with Crippen molar-refractivity contribution in [3.8, 4) is 5.88 Å². The fraction of sp³-hybridized carbons (Fsp3) is 0.188. The standard InChI is InChI=1S/C16H13BrN2O4S/c1-2-23-14(20)8-19-15(21)13(24-16(19)22)5-9-7-18-12-4-3-10(17)6-11(9)12/h3-7,21H,2,8H2,1H3/b9-5-. The van der Waals surface area contributed by atoms with Crippen LogP contribution >= 0.6 is 27.3 Å². The molecule has 0 saturated heterocycles. The van der Waals surface area contributed by atoms with Crippen molar-refractivity contribution in [2.24, 2.45) is 4.99 Å². The van der Waals surface area contributed by atoms with Gasteiger partial charge in [-0.3, -0.25) is 19.1 Å². The Morgan fingerprint density at radius 2 is 2.29 bits per heavy atom. The minimum atomic E-state index is -0.566. The molecule has 0 spiro atoms.